The Morgan fingerprint density at radius 2 is 2.12 bits per heavy atom. The van der Waals surface area contributed by atoms with E-state index in [2.05, 4.69) is 16.4 Å². The average molecular weight is 329 g/mol. The number of urea groups is 1. The molecule has 6 heteroatoms. The lowest BCUT2D eigenvalue weighted by atomic mass is 9.99. The van der Waals surface area contributed by atoms with Crippen LogP contribution in [0.2, 0.25) is 0 Å². The van der Waals surface area contributed by atoms with Crippen LogP contribution in [0.4, 0.5) is 4.79 Å². The topological polar surface area (TPSA) is 85.4 Å². The van der Waals surface area contributed by atoms with Crippen LogP contribution in [0.5, 0.6) is 0 Å². The molecule has 24 heavy (non-hydrogen) atoms. The van der Waals surface area contributed by atoms with E-state index in [9.17, 15) is 14.7 Å². The molecule has 2 heterocycles. The molecular weight excluding hydrogens is 306 g/mol. The standard InChI is InChI=1S/C18H23N3O3/c1-3-11(2)16(17(22)23)20-18(24)21-9-8-13-12-6-4-5-7-14(12)19-15(13)10-21/h4-7,11,16,19H,3,8-10H2,1-2H3,(H,20,24)(H,22,23)/t11-,16-/m0/s1. The van der Waals surface area contributed by atoms with Gasteiger partial charge in [-0.2, -0.15) is 0 Å². The number of aromatic nitrogens is 1. The zero-order valence-electron chi connectivity index (χ0n) is 14.0. The number of nitrogens with zero attached hydrogens (tertiary/aromatic N) is 1. The molecule has 3 N–H and O–H groups in total. The Morgan fingerprint density at radius 3 is 2.83 bits per heavy atom. The van der Waals surface area contributed by atoms with Crippen molar-refractivity contribution in [3.63, 3.8) is 0 Å². The first-order chi connectivity index (χ1) is 11.5. The van der Waals surface area contributed by atoms with Gasteiger partial charge in [0.2, 0.25) is 0 Å². The van der Waals surface area contributed by atoms with Gasteiger partial charge in [-0.15, -0.1) is 0 Å². The molecular formula is C18H23N3O3. The number of para-hydroxylation sites is 1. The van der Waals surface area contributed by atoms with E-state index in [1.165, 1.54) is 10.9 Å². The van der Waals surface area contributed by atoms with Crippen molar-refractivity contribution in [1.82, 2.24) is 15.2 Å². The van der Waals surface area contributed by atoms with Gasteiger partial charge < -0.3 is 20.3 Å². The van der Waals surface area contributed by atoms with Gasteiger partial charge in [-0.05, 0) is 24.0 Å². The Hall–Kier alpha value is -2.50. The summed E-state index contributed by atoms with van der Waals surface area (Å²) in [5, 5.41) is 13.2. The van der Waals surface area contributed by atoms with Crippen LogP contribution >= 0.6 is 0 Å². The first kappa shape index (κ1) is 16.4. The number of amides is 2. The molecule has 2 aromatic rings. The second-order valence-electron chi connectivity index (χ2n) is 6.45. The van der Waals surface area contributed by atoms with Crippen molar-refractivity contribution >= 4 is 22.9 Å². The van der Waals surface area contributed by atoms with Gasteiger partial charge in [0.15, 0.2) is 0 Å². The number of hydrogen-bond acceptors (Lipinski definition) is 2. The zero-order valence-corrected chi connectivity index (χ0v) is 14.0. The Bertz CT molecular complexity index is 768. The van der Waals surface area contributed by atoms with Gasteiger partial charge in [-0.3, -0.25) is 0 Å². The molecule has 0 radical (unpaired) electrons. The van der Waals surface area contributed by atoms with Crippen LogP contribution in [-0.2, 0) is 17.8 Å². The number of carboxylic acids is 1. The number of aromatic amines is 1. The van der Waals surface area contributed by atoms with E-state index in [-0.39, 0.29) is 11.9 Å². The number of fused-ring (bicyclic) bond motifs is 3. The number of benzene rings is 1. The summed E-state index contributed by atoms with van der Waals surface area (Å²) in [6.45, 7) is 4.83. The number of nitrogens with one attached hydrogen (secondary N) is 2. The van der Waals surface area contributed by atoms with Crippen LogP contribution in [0.15, 0.2) is 24.3 Å². The predicted molar refractivity (Wildman–Crippen MR) is 91.8 cm³/mol. The third-order valence-electron chi connectivity index (χ3n) is 4.93. The Balaban J connectivity index is 1.75. The molecule has 0 bridgehead atoms. The minimum atomic E-state index is -0.985. The molecule has 128 valence electrons. The lowest BCUT2D eigenvalue weighted by Crippen LogP contribution is -2.51. The highest BCUT2D eigenvalue weighted by molar-refractivity contribution is 5.86. The lowest BCUT2D eigenvalue weighted by molar-refractivity contribution is -0.140. The van der Waals surface area contributed by atoms with E-state index in [1.807, 2.05) is 32.0 Å². The minimum Gasteiger partial charge on any atom is -0.480 e. The van der Waals surface area contributed by atoms with Crippen molar-refractivity contribution in [2.75, 3.05) is 6.54 Å². The van der Waals surface area contributed by atoms with Crippen LogP contribution in [0.3, 0.4) is 0 Å². The first-order valence-corrected chi connectivity index (χ1v) is 8.38. The monoisotopic (exact) mass is 329 g/mol. The lowest BCUT2D eigenvalue weighted by Gasteiger charge is -2.30. The van der Waals surface area contributed by atoms with Gasteiger partial charge in [0.1, 0.15) is 6.04 Å². The summed E-state index contributed by atoms with van der Waals surface area (Å²) in [4.78, 5) is 28.9. The first-order valence-electron chi connectivity index (χ1n) is 8.38. The fourth-order valence-electron chi connectivity index (χ4n) is 3.27. The summed E-state index contributed by atoms with van der Waals surface area (Å²) in [5.41, 5.74) is 3.37. The van der Waals surface area contributed by atoms with Gasteiger partial charge in [0.25, 0.3) is 0 Å². The molecule has 1 aromatic heterocycles. The van der Waals surface area contributed by atoms with Gasteiger partial charge in [-0.25, -0.2) is 9.59 Å². The largest absolute Gasteiger partial charge is 0.480 e. The number of carboxylic acid groups (broad SMARTS) is 1. The minimum absolute atomic E-state index is 0.111. The maximum absolute atomic E-state index is 12.5. The van der Waals surface area contributed by atoms with E-state index in [0.29, 0.717) is 19.5 Å². The maximum atomic E-state index is 12.5. The van der Waals surface area contributed by atoms with Crippen LogP contribution in [0, 0.1) is 5.92 Å². The number of rotatable bonds is 4. The summed E-state index contributed by atoms with van der Waals surface area (Å²) in [6.07, 6.45) is 1.47. The fourth-order valence-corrected chi connectivity index (χ4v) is 3.27. The molecule has 0 fully saturated rings. The third kappa shape index (κ3) is 2.96. The SMILES string of the molecule is CC[C@H](C)[C@H](NC(=O)N1CCc2c([nH]c3ccccc23)C1)C(=O)O. The van der Waals surface area contributed by atoms with Crippen molar-refractivity contribution in [2.24, 2.45) is 5.92 Å². The molecule has 1 aromatic carbocycles. The molecule has 3 rings (SSSR count). The molecule has 0 aliphatic carbocycles. The highest BCUT2D eigenvalue weighted by Gasteiger charge is 2.29. The van der Waals surface area contributed by atoms with Crippen LogP contribution in [0.25, 0.3) is 10.9 Å². The summed E-state index contributed by atoms with van der Waals surface area (Å²) in [6, 6.07) is 6.95. The van der Waals surface area contributed by atoms with Gasteiger partial charge in [0.05, 0.1) is 6.54 Å². The highest BCUT2D eigenvalue weighted by Crippen LogP contribution is 2.27. The Labute approximate surface area is 140 Å². The molecule has 2 amide bonds. The molecule has 1 aliphatic rings. The van der Waals surface area contributed by atoms with Crippen molar-refractivity contribution in [1.29, 1.82) is 0 Å². The molecule has 2 atom stereocenters. The smallest absolute Gasteiger partial charge is 0.326 e. The highest BCUT2D eigenvalue weighted by atomic mass is 16.4. The molecule has 0 saturated heterocycles. The Kier molecular flexibility index (Phi) is 4.46. The number of carbonyl (C=O) groups is 2. The number of carbonyl (C=O) groups excluding carboxylic acids is 1. The number of H-pyrrole nitrogens is 1. The van der Waals surface area contributed by atoms with E-state index in [0.717, 1.165) is 17.6 Å². The average Bonchev–Trinajstić information content (AvgIpc) is 2.96. The summed E-state index contributed by atoms with van der Waals surface area (Å²) >= 11 is 0. The van der Waals surface area contributed by atoms with Gasteiger partial charge in [-0.1, -0.05) is 38.5 Å². The van der Waals surface area contributed by atoms with Crippen LogP contribution in [-0.4, -0.2) is 39.6 Å². The number of hydrogen-bond donors (Lipinski definition) is 3. The summed E-state index contributed by atoms with van der Waals surface area (Å²) in [5.74, 6) is -1.10. The van der Waals surface area contributed by atoms with E-state index < -0.39 is 12.0 Å². The van der Waals surface area contributed by atoms with E-state index in [4.69, 9.17) is 0 Å². The summed E-state index contributed by atoms with van der Waals surface area (Å²) in [7, 11) is 0. The maximum Gasteiger partial charge on any atom is 0.326 e. The number of aliphatic carboxylic acids is 1. The Morgan fingerprint density at radius 1 is 1.38 bits per heavy atom. The molecule has 6 nitrogen and oxygen atoms in total. The third-order valence-corrected chi connectivity index (χ3v) is 4.93. The van der Waals surface area contributed by atoms with Crippen LogP contribution < -0.4 is 5.32 Å². The van der Waals surface area contributed by atoms with Crippen molar-refractivity contribution in [3.05, 3.63) is 35.5 Å². The molecule has 0 unspecified atom stereocenters. The van der Waals surface area contributed by atoms with Crippen molar-refractivity contribution in [3.8, 4) is 0 Å². The van der Waals surface area contributed by atoms with Gasteiger partial charge >= 0.3 is 12.0 Å². The quantitative estimate of drug-likeness (QED) is 0.806. The second kappa shape index (κ2) is 6.55. The zero-order chi connectivity index (χ0) is 17.3. The van der Waals surface area contributed by atoms with E-state index >= 15 is 0 Å². The molecule has 0 saturated carbocycles. The van der Waals surface area contributed by atoms with Crippen LogP contribution in [0.1, 0.15) is 31.5 Å². The van der Waals surface area contributed by atoms with Gasteiger partial charge in [0, 0.05) is 23.1 Å². The summed E-state index contributed by atoms with van der Waals surface area (Å²) < 4.78 is 0. The van der Waals surface area contributed by atoms with E-state index in [1.54, 1.807) is 4.90 Å². The molecule has 1 aliphatic heterocycles. The fraction of sp³-hybridized carbons (Fsp3) is 0.444. The van der Waals surface area contributed by atoms with Crippen molar-refractivity contribution < 1.29 is 14.7 Å². The van der Waals surface area contributed by atoms with Crippen molar-refractivity contribution in [2.45, 2.75) is 39.3 Å². The predicted octanol–water partition coefficient (Wildman–Crippen LogP) is 2.73. The molecule has 0 spiro atoms. The second-order valence-corrected chi connectivity index (χ2v) is 6.45. The normalized spacial score (nSPS) is 16.5.